The standard InChI is InChI=1S/C28H31N3O3.C8H9N5O/c1-28(2,3)34-27(33)30-18-22-17-24(15-16-25(22)29-30)31(23-13-14-23)26(32)21-11-9-20(10-12-21)19-7-5-4-6-8-19;1-9-5-6-14-13-8-7(11-12-13)3-2-4-10-8/h4-12,18,23-24H,13-17H2,1-3H3;2-6,9H,1H3. The third-order valence-corrected chi connectivity index (χ3v) is 8.01. The minimum absolute atomic E-state index is 0.0927. The van der Waals surface area contributed by atoms with Gasteiger partial charge in [0.2, 0.25) is 5.65 Å². The van der Waals surface area contributed by atoms with Crippen molar-refractivity contribution < 1.29 is 19.2 Å². The van der Waals surface area contributed by atoms with Crippen molar-refractivity contribution in [2.75, 3.05) is 7.05 Å². The first kappa shape index (κ1) is 32.4. The summed E-state index contributed by atoms with van der Waals surface area (Å²) in [6, 6.07) is 22.1. The number of carbonyl (C=O) groups is 2. The zero-order chi connectivity index (χ0) is 33.7. The average molecular weight is 649 g/mol. The van der Waals surface area contributed by atoms with Crippen LogP contribution in [0.1, 0.15) is 61.6 Å². The highest BCUT2D eigenvalue weighted by atomic mass is 16.7. The summed E-state index contributed by atoms with van der Waals surface area (Å²) in [5, 5.41) is 14.9. The van der Waals surface area contributed by atoms with E-state index in [4.69, 9.17) is 9.57 Å². The Kier molecular flexibility index (Phi) is 9.51. The molecule has 2 aliphatic carbocycles. The Morgan fingerprint density at radius 3 is 2.42 bits per heavy atom. The van der Waals surface area contributed by atoms with Gasteiger partial charge in [-0.2, -0.15) is 9.78 Å². The van der Waals surface area contributed by atoms with Crippen molar-refractivity contribution in [2.45, 2.75) is 70.6 Å². The van der Waals surface area contributed by atoms with E-state index in [1.165, 1.54) is 15.8 Å². The molecule has 48 heavy (non-hydrogen) atoms. The Hall–Kier alpha value is -5.52. The molecule has 248 valence electrons. The van der Waals surface area contributed by atoms with Crippen molar-refractivity contribution in [1.29, 1.82) is 0 Å². The molecule has 12 nitrogen and oxygen atoms in total. The average Bonchev–Trinajstić information content (AvgIpc) is 3.68. The van der Waals surface area contributed by atoms with Gasteiger partial charge < -0.3 is 19.8 Å². The van der Waals surface area contributed by atoms with Gasteiger partial charge in [0.05, 0.1) is 5.69 Å². The number of fused-ring (bicyclic) bond motifs is 2. The molecule has 1 fully saturated rings. The van der Waals surface area contributed by atoms with Gasteiger partial charge in [0.1, 0.15) is 17.4 Å². The number of nitrogens with one attached hydrogen (secondary N) is 1. The number of carbonyl (C=O) groups excluding carboxylic acids is 2. The van der Waals surface area contributed by atoms with Gasteiger partial charge in [0, 0.05) is 43.3 Å². The molecule has 1 atom stereocenters. The minimum atomic E-state index is -0.572. The number of hydrogen-bond donors (Lipinski definition) is 1. The maximum atomic E-state index is 13.6. The van der Waals surface area contributed by atoms with Gasteiger partial charge in [-0.3, -0.25) is 4.79 Å². The quantitative estimate of drug-likeness (QED) is 0.229. The molecule has 0 spiro atoms. The lowest BCUT2D eigenvalue weighted by Crippen LogP contribution is -2.44. The van der Waals surface area contributed by atoms with Crippen LogP contribution in [0, 0.1) is 0 Å². The molecule has 7 rings (SSSR count). The molecule has 0 saturated heterocycles. The summed E-state index contributed by atoms with van der Waals surface area (Å²) < 4.78 is 6.77. The van der Waals surface area contributed by atoms with Crippen molar-refractivity contribution >= 4 is 23.2 Å². The summed E-state index contributed by atoms with van der Waals surface area (Å²) in [6.07, 6.45) is 10.5. The molecule has 5 aromatic rings. The fourth-order valence-electron chi connectivity index (χ4n) is 5.66. The summed E-state index contributed by atoms with van der Waals surface area (Å²) >= 11 is 0. The van der Waals surface area contributed by atoms with Crippen LogP contribution in [0.5, 0.6) is 0 Å². The van der Waals surface area contributed by atoms with E-state index in [2.05, 4.69) is 42.7 Å². The van der Waals surface area contributed by atoms with E-state index in [-0.39, 0.29) is 11.9 Å². The van der Waals surface area contributed by atoms with Gasteiger partial charge in [-0.25, -0.2) is 9.78 Å². The Bertz CT molecular complexity index is 1890. The largest absolute Gasteiger partial charge is 0.442 e. The molecule has 12 heteroatoms. The van der Waals surface area contributed by atoms with E-state index >= 15 is 0 Å². The highest BCUT2D eigenvalue weighted by Gasteiger charge is 2.39. The molecule has 0 bridgehead atoms. The summed E-state index contributed by atoms with van der Waals surface area (Å²) in [5.41, 5.74) is 5.64. The van der Waals surface area contributed by atoms with Crippen LogP contribution in [-0.2, 0) is 17.6 Å². The lowest BCUT2D eigenvalue weighted by atomic mass is 9.91. The van der Waals surface area contributed by atoms with E-state index in [0.717, 1.165) is 53.6 Å². The SMILES string of the molecule is CC(C)(C)OC(=O)n1cc2c(n1)CCC(N(C(=O)c1ccc(-c3ccccc3)cc1)C1CC1)C2.CNC=COn1nnc2cccnc21. The normalized spacial score (nSPS) is 15.7. The van der Waals surface area contributed by atoms with E-state index in [9.17, 15) is 9.59 Å². The first-order valence-corrected chi connectivity index (χ1v) is 16.1. The molecule has 0 radical (unpaired) electrons. The molecule has 0 aliphatic heterocycles. The summed E-state index contributed by atoms with van der Waals surface area (Å²) in [7, 11) is 1.78. The van der Waals surface area contributed by atoms with Crippen LogP contribution in [0.4, 0.5) is 4.79 Å². The van der Waals surface area contributed by atoms with Gasteiger partial charge >= 0.3 is 6.09 Å². The number of pyridine rings is 1. The second-order valence-corrected chi connectivity index (χ2v) is 12.8. The number of rotatable bonds is 7. The number of aryl methyl sites for hydroxylation is 1. The van der Waals surface area contributed by atoms with Gasteiger partial charge in [-0.1, -0.05) is 47.3 Å². The van der Waals surface area contributed by atoms with Crippen LogP contribution < -0.4 is 10.2 Å². The highest BCUT2D eigenvalue weighted by Crippen LogP contribution is 2.35. The molecule has 3 heterocycles. The molecule has 1 N–H and O–H groups in total. The van der Waals surface area contributed by atoms with Crippen LogP contribution in [0.25, 0.3) is 22.3 Å². The number of ether oxygens (including phenoxy) is 1. The monoisotopic (exact) mass is 648 g/mol. The molecule has 1 saturated carbocycles. The number of nitrogens with zero attached hydrogens (tertiary/aromatic N) is 7. The van der Waals surface area contributed by atoms with E-state index in [1.807, 2.05) is 69.3 Å². The van der Waals surface area contributed by atoms with Crippen LogP contribution in [0.2, 0.25) is 0 Å². The van der Waals surface area contributed by atoms with Crippen molar-refractivity contribution in [3.8, 4) is 11.1 Å². The Labute approximate surface area is 279 Å². The summed E-state index contributed by atoms with van der Waals surface area (Å²) in [5.74, 6) is 0.0927. The lowest BCUT2D eigenvalue weighted by Gasteiger charge is -2.34. The van der Waals surface area contributed by atoms with E-state index < -0.39 is 11.7 Å². The molecule has 1 amide bonds. The molecule has 2 aromatic carbocycles. The maximum Gasteiger partial charge on any atom is 0.435 e. The van der Waals surface area contributed by atoms with Crippen LogP contribution in [0.15, 0.2) is 91.6 Å². The van der Waals surface area contributed by atoms with E-state index in [1.54, 1.807) is 31.7 Å². The van der Waals surface area contributed by atoms with Gasteiger partial charge in [-0.05, 0) is 99.0 Å². The van der Waals surface area contributed by atoms with Gasteiger partial charge in [-0.15, -0.1) is 5.10 Å². The fourth-order valence-corrected chi connectivity index (χ4v) is 5.66. The van der Waals surface area contributed by atoms with E-state index in [0.29, 0.717) is 23.6 Å². The Balaban J connectivity index is 0.000000239. The maximum absolute atomic E-state index is 13.6. The molecular formula is C36H40N8O4. The van der Waals surface area contributed by atoms with Crippen molar-refractivity contribution in [3.63, 3.8) is 0 Å². The third kappa shape index (κ3) is 7.71. The zero-order valence-electron chi connectivity index (χ0n) is 27.6. The number of aromatic nitrogens is 6. The predicted molar refractivity (Wildman–Crippen MR) is 181 cm³/mol. The first-order valence-electron chi connectivity index (χ1n) is 16.1. The van der Waals surface area contributed by atoms with Crippen LogP contribution in [0.3, 0.4) is 0 Å². The molecular weight excluding hydrogens is 608 g/mol. The van der Waals surface area contributed by atoms with Crippen molar-refractivity contribution in [3.05, 3.63) is 108 Å². The van der Waals surface area contributed by atoms with Crippen molar-refractivity contribution in [1.82, 2.24) is 40.1 Å². The molecule has 3 aromatic heterocycles. The summed E-state index contributed by atoms with van der Waals surface area (Å²) in [6.45, 7) is 5.53. The second kappa shape index (κ2) is 14.1. The smallest absolute Gasteiger partial charge is 0.435 e. The molecule has 1 unspecified atom stereocenters. The third-order valence-electron chi connectivity index (χ3n) is 8.01. The van der Waals surface area contributed by atoms with Crippen LogP contribution in [-0.4, -0.2) is 71.6 Å². The van der Waals surface area contributed by atoms with Gasteiger partial charge in [0.15, 0.2) is 0 Å². The zero-order valence-corrected chi connectivity index (χ0v) is 27.6. The Morgan fingerprint density at radius 2 is 1.71 bits per heavy atom. The minimum Gasteiger partial charge on any atom is -0.442 e. The second-order valence-electron chi connectivity index (χ2n) is 12.8. The van der Waals surface area contributed by atoms with Crippen molar-refractivity contribution in [2.24, 2.45) is 0 Å². The molecule has 2 aliphatic rings. The summed E-state index contributed by atoms with van der Waals surface area (Å²) in [4.78, 5) is 38.6. The highest BCUT2D eigenvalue weighted by molar-refractivity contribution is 5.95. The number of amides is 1. The lowest BCUT2D eigenvalue weighted by molar-refractivity contribution is 0.0513. The number of hydrogen-bond acceptors (Lipinski definition) is 9. The van der Waals surface area contributed by atoms with Crippen LogP contribution >= 0.6 is 0 Å². The predicted octanol–water partition coefficient (Wildman–Crippen LogP) is 5.44. The number of benzene rings is 2. The first-order chi connectivity index (χ1) is 23.2. The van der Waals surface area contributed by atoms with Gasteiger partial charge in [0.25, 0.3) is 5.91 Å². The fraction of sp³-hybridized carbons (Fsp3) is 0.333. The Morgan fingerprint density at radius 1 is 0.958 bits per heavy atom. The topological polar surface area (TPSA) is 129 Å².